The Kier molecular flexibility index (Phi) is 2.02. The van der Waals surface area contributed by atoms with Gasteiger partial charge in [0.05, 0.1) is 25.4 Å². The molecule has 0 unspecified atom stereocenters. The molecule has 104 valence electrons. The second kappa shape index (κ2) is 3.33. The monoisotopic (exact) mass is 272 g/mol. The van der Waals surface area contributed by atoms with Gasteiger partial charge in [0.15, 0.2) is 5.41 Å². The van der Waals surface area contributed by atoms with Crippen LogP contribution >= 0.6 is 0 Å². The van der Waals surface area contributed by atoms with E-state index in [0.717, 1.165) is 32.1 Å². The summed E-state index contributed by atoms with van der Waals surface area (Å²) in [6, 6.07) is 4.69. The highest BCUT2D eigenvalue weighted by atomic mass is 16.8. The first-order valence-corrected chi connectivity index (χ1v) is 7.13. The van der Waals surface area contributed by atoms with Crippen molar-refractivity contribution in [3.63, 3.8) is 0 Å². The molecule has 3 fully saturated rings. The summed E-state index contributed by atoms with van der Waals surface area (Å²) in [5.74, 6) is -1.12. The number of nitrogens with zero attached hydrogens (tertiary/aromatic N) is 3. The number of fused-ring (bicyclic) bond motifs is 4. The molecule has 0 bridgehead atoms. The number of ether oxygens (including phenoxy) is 2. The lowest BCUT2D eigenvalue weighted by Crippen LogP contribution is -2.42. The van der Waals surface area contributed by atoms with Gasteiger partial charge in [0.1, 0.15) is 11.3 Å². The minimum absolute atomic E-state index is 0.227. The van der Waals surface area contributed by atoms with Crippen molar-refractivity contribution < 1.29 is 9.47 Å². The first-order chi connectivity index (χ1) is 9.66. The van der Waals surface area contributed by atoms with Gasteiger partial charge in [0.25, 0.3) is 5.91 Å². The van der Waals surface area contributed by atoms with Crippen LogP contribution in [0.25, 0.3) is 0 Å². The van der Waals surface area contributed by atoms with E-state index in [9.17, 15) is 10.5 Å². The van der Waals surface area contributed by atoms with Gasteiger partial charge in [-0.1, -0.05) is 19.3 Å². The smallest absolute Gasteiger partial charge is 0.293 e. The average molecular weight is 272 g/mol. The van der Waals surface area contributed by atoms with Crippen LogP contribution < -0.4 is 5.73 Å². The van der Waals surface area contributed by atoms with Crippen LogP contribution in [0.3, 0.4) is 0 Å². The van der Waals surface area contributed by atoms with Crippen LogP contribution in [0.1, 0.15) is 32.1 Å². The van der Waals surface area contributed by atoms with E-state index in [2.05, 4.69) is 17.1 Å². The number of hydrogen-bond donors (Lipinski definition) is 1. The van der Waals surface area contributed by atoms with Gasteiger partial charge in [-0.15, -0.1) is 0 Å². The van der Waals surface area contributed by atoms with Crippen molar-refractivity contribution in [2.75, 3.05) is 13.2 Å². The summed E-state index contributed by atoms with van der Waals surface area (Å²) in [6.45, 7) is 0.773. The average Bonchev–Trinajstić information content (AvgIpc) is 2.77. The van der Waals surface area contributed by atoms with Crippen molar-refractivity contribution in [3.8, 4) is 12.1 Å². The predicted molar refractivity (Wildman–Crippen MR) is 67.9 cm³/mol. The number of amidine groups is 1. The number of hydrogen-bond acceptors (Lipinski definition) is 6. The summed E-state index contributed by atoms with van der Waals surface area (Å²) in [7, 11) is 0. The highest BCUT2D eigenvalue weighted by molar-refractivity contribution is 6.00. The fourth-order valence-corrected chi connectivity index (χ4v) is 5.09. The van der Waals surface area contributed by atoms with Crippen LogP contribution in [0.15, 0.2) is 4.99 Å². The standard InChI is InChI=1S/C14H16N4O2/c15-8-12-10(17)18-14(19-6-7-20-14)13(12,9-16)11(12)4-2-1-3-5-11/h1-7H2,(H2,17,18)/t12-,13+/m1/s1. The zero-order chi connectivity index (χ0) is 14.1. The summed E-state index contributed by atoms with van der Waals surface area (Å²) in [5.41, 5.74) is 3.56. The molecule has 0 aromatic heterocycles. The molecule has 4 rings (SSSR count). The Bertz CT molecular complexity index is 589. The Balaban J connectivity index is 1.95. The lowest BCUT2D eigenvalue weighted by molar-refractivity contribution is -0.193. The van der Waals surface area contributed by atoms with Crippen LogP contribution in [0.4, 0.5) is 0 Å². The fourth-order valence-electron chi connectivity index (χ4n) is 5.09. The summed E-state index contributed by atoms with van der Waals surface area (Å²) in [4.78, 5) is 4.29. The van der Waals surface area contributed by atoms with Crippen molar-refractivity contribution >= 4 is 5.84 Å². The van der Waals surface area contributed by atoms with Gasteiger partial charge in [0.2, 0.25) is 0 Å². The second-order valence-corrected chi connectivity index (χ2v) is 6.14. The molecule has 4 aliphatic rings. The first kappa shape index (κ1) is 12.1. The number of aliphatic imine (C=N–C) groups is 1. The molecule has 2 atom stereocenters. The fraction of sp³-hybridized carbons (Fsp3) is 0.786. The SMILES string of the molecule is N#C[C@@]12C3(N=C(N)[C@]1(C#N)C21CCCCC1)OCCO3. The van der Waals surface area contributed by atoms with E-state index in [1.807, 2.05) is 0 Å². The summed E-state index contributed by atoms with van der Waals surface area (Å²) in [6.07, 6.45) is 4.79. The molecule has 0 amide bonds. The zero-order valence-corrected chi connectivity index (χ0v) is 11.2. The molecule has 2 aliphatic heterocycles. The van der Waals surface area contributed by atoms with Gasteiger partial charge < -0.3 is 15.2 Å². The van der Waals surface area contributed by atoms with Crippen LogP contribution in [-0.4, -0.2) is 25.0 Å². The van der Waals surface area contributed by atoms with Crippen LogP contribution in [0, 0.1) is 38.9 Å². The second-order valence-electron chi connectivity index (χ2n) is 6.14. The van der Waals surface area contributed by atoms with Crippen molar-refractivity contribution in [2.45, 2.75) is 38.0 Å². The maximum absolute atomic E-state index is 9.93. The minimum atomic E-state index is -1.35. The third-order valence-electron chi connectivity index (χ3n) is 5.78. The van der Waals surface area contributed by atoms with E-state index < -0.39 is 22.2 Å². The maximum atomic E-state index is 9.93. The Morgan fingerprint density at radius 2 is 1.70 bits per heavy atom. The molecular weight excluding hydrogens is 256 g/mol. The molecule has 1 saturated heterocycles. The normalized spacial score (nSPS) is 42.8. The molecule has 2 saturated carbocycles. The van der Waals surface area contributed by atoms with Crippen molar-refractivity contribution in [3.05, 3.63) is 0 Å². The van der Waals surface area contributed by atoms with E-state index in [1.165, 1.54) is 0 Å². The van der Waals surface area contributed by atoms with Gasteiger partial charge in [-0.25, -0.2) is 4.99 Å². The van der Waals surface area contributed by atoms with Crippen molar-refractivity contribution in [1.29, 1.82) is 10.5 Å². The van der Waals surface area contributed by atoms with Gasteiger partial charge >= 0.3 is 0 Å². The Labute approximate surface area is 117 Å². The first-order valence-electron chi connectivity index (χ1n) is 7.13. The van der Waals surface area contributed by atoms with E-state index in [0.29, 0.717) is 13.2 Å². The van der Waals surface area contributed by atoms with Crippen molar-refractivity contribution in [1.82, 2.24) is 0 Å². The van der Waals surface area contributed by atoms with E-state index in [1.54, 1.807) is 0 Å². The van der Waals surface area contributed by atoms with E-state index in [4.69, 9.17) is 15.2 Å². The van der Waals surface area contributed by atoms with Crippen LogP contribution in [0.5, 0.6) is 0 Å². The maximum Gasteiger partial charge on any atom is 0.293 e. The van der Waals surface area contributed by atoms with Crippen LogP contribution in [0.2, 0.25) is 0 Å². The summed E-state index contributed by atoms with van der Waals surface area (Å²) in [5, 5.41) is 19.8. The molecule has 6 heteroatoms. The Hall–Kier alpha value is -1.63. The molecule has 20 heavy (non-hydrogen) atoms. The minimum Gasteiger partial charge on any atom is -0.386 e. The highest BCUT2D eigenvalue weighted by Crippen LogP contribution is 2.89. The predicted octanol–water partition coefficient (Wildman–Crippen LogP) is 1.04. The molecular formula is C14H16N4O2. The molecule has 2 aliphatic carbocycles. The van der Waals surface area contributed by atoms with Gasteiger partial charge in [-0.2, -0.15) is 10.5 Å². The van der Waals surface area contributed by atoms with Crippen molar-refractivity contribution in [2.24, 2.45) is 27.0 Å². The van der Waals surface area contributed by atoms with Gasteiger partial charge in [0, 0.05) is 5.41 Å². The lowest BCUT2D eigenvalue weighted by Gasteiger charge is -2.33. The quantitative estimate of drug-likeness (QED) is 0.709. The molecule has 0 aromatic rings. The Morgan fingerprint density at radius 1 is 1.05 bits per heavy atom. The number of nitrogens with two attached hydrogens (primary N) is 1. The zero-order valence-electron chi connectivity index (χ0n) is 11.2. The number of nitriles is 2. The molecule has 0 aromatic carbocycles. The molecule has 6 nitrogen and oxygen atoms in total. The third kappa shape index (κ3) is 0.827. The number of rotatable bonds is 0. The Morgan fingerprint density at radius 3 is 2.25 bits per heavy atom. The molecule has 2 spiro atoms. The van der Waals surface area contributed by atoms with E-state index >= 15 is 0 Å². The molecule has 0 radical (unpaired) electrons. The lowest BCUT2D eigenvalue weighted by atomic mass is 9.76. The third-order valence-corrected chi connectivity index (χ3v) is 5.78. The molecule has 2 N–H and O–H groups in total. The summed E-state index contributed by atoms with van der Waals surface area (Å²) >= 11 is 0. The largest absolute Gasteiger partial charge is 0.386 e. The molecule has 2 heterocycles. The topological polar surface area (TPSA) is 104 Å². The van der Waals surface area contributed by atoms with E-state index in [-0.39, 0.29) is 5.84 Å². The highest BCUT2D eigenvalue weighted by Gasteiger charge is 3.00. The van der Waals surface area contributed by atoms with Gasteiger partial charge in [-0.05, 0) is 12.8 Å². The van der Waals surface area contributed by atoms with Gasteiger partial charge in [-0.3, -0.25) is 0 Å². The summed E-state index contributed by atoms with van der Waals surface area (Å²) < 4.78 is 11.4. The van der Waals surface area contributed by atoms with Crippen LogP contribution in [-0.2, 0) is 9.47 Å².